The smallest absolute Gasteiger partial charge is 0.321 e. The lowest BCUT2D eigenvalue weighted by Gasteiger charge is -2.18. The fraction of sp³-hybridized carbons (Fsp3) is 0.409. The molecule has 0 aliphatic heterocycles. The van der Waals surface area contributed by atoms with Gasteiger partial charge in [-0.1, -0.05) is 0 Å². The largest absolute Gasteiger partial charge is 0.385 e. The second kappa shape index (κ2) is 10.9. The first-order chi connectivity index (χ1) is 16.8. The van der Waals surface area contributed by atoms with Crippen LogP contribution in [-0.2, 0) is 0 Å². The van der Waals surface area contributed by atoms with Gasteiger partial charge in [-0.15, -0.1) is 5.10 Å². The Kier molecular flexibility index (Phi) is 7.68. The van der Waals surface area contributed by atoms with E-state index in [1.807, 2.05) is 18.2 Å². The molecule has 0 saturated heterocycles. The quantitative estimate of drug-likeness (QED) is 0.0578. The van der Waals surface area contributed by atoms with Crippen molar-refractivity contribution in [2.45, 2.75) is 43.7 Å². The summed E-state index contributed by atoms with van der Waals surface area (Å²) in [5, 5.41) is 23.7. The van der Waals surface area contributed by atoms with Gasteiger partial charge >= 0.3 is 6.03 Å². The highest BCUT2D eigenvalue weighted by Crippen LogP contribution is 2.28. The first-order valence-electron chi connectivity index (χ1n) is 11.4. The van der Waals surface area contributed by atoms with Crippen LogP contribution in [0.3, 0.4) is 0 Å². The maximum atomic E-state index is 12.2. The highest BCUT2D eigenvalue weighted by atomic mass is 32.2. The molecule has 3 aromatic heterocycles. The number of aromatic nitrogens is 4. The Bertz CT molecular complexity index is 1200. The summed E-state index contributed by atoms with van der Waals surface area (Å²) in [6.45, 7) is 4.43. The topological polar surface area (TPSA) is 167 Å². The van der Waals surface area contributed by atoms with Gasteiger partial charge in [-0.25, -0.2) is 14.0 Å². The van der Waals surface area contributed by atoms with Gasteiger partial charge in [-0.05, 0) is 68.8 Å². The van der Waals surface area contributed by atoms with E-state index in [4.69, 9.17) is 5.73 Å². The Morgan fingerprint density at radius 3 is 2.89 bits per heavy atom. The summed E-state index contributed by atoms with van der Waals surface area (Å²) >= 11 is 1.30. The van der Waals surface area contributed by atoms with Crippen molar-refractivity contribution in [1.82, 2.24) is 35.0 Å². The number of aliphatic hydroxyl groups is 1. The third-order valence-corrected chi connectivity index (χ3v) is 6.04. The number of rotatable bonds is 11. The standard InChI is InChI=1S/C22H30N10O2S/c1-22(2,34)31-35-17-10-16(12-24-13-17)15-6-9-32-18(11-15)27-20(30-32)28-21(33)25-7-3-8-26-29-19(23)14-4-5-14/h6,9-14,26,31,34H,3-5,7-8H2,1-2H3,(H2,23,29)(H2,25,28,30,33). The van der Waals surface area contributed by atoms with E-state index in [9.17, 15) is 9.90 Å². The molecule has 13 heteroatoms. The average Bonchev–Trinajstić information content (AvgIpc) is 3.59. The van der Waals surface area contributed by atoms with Crippen LogP contribution in [0.1, 0.15) is 33.1 Å². The van der Waals surface area contributed by atoms with Crippen LogP contribution in [0.2, 0.25) is 0 Å². The van der Waals surface area contributed by atoms with E-state index in [2.05, 4.69) is 40.9 Å². The predicted octanol–water partition coefficient (Wildman–Crippen LogP) is 1.90. The van der Waals surface area contributed by atoms with Crippen molar-refractivity contribution in [1.29, 1.82) is 0 Å². The maximum absolute atomic E-state index is 12.2. The molecule has 3 heterocycles. The van der Waals surface area contributed by atoms with E-state index in [-0.39, 0.29) is 12.0 Å². The van der Waals surface area contributed by atoms with Gasteiger partial charge in [0.25, 0.3) is 5.95 Å². The molecule has 0 unspecified atom stereocenters. The Labute approximate surface area is 207 Å². The van der Waals surface area contributed by atoms with Crippen LogP contribution in [0.4, 0.5) is 10.7 Å². The molecule has 1 aliphatic carbocycles. The molecule has 186 valence electrons. The number of urea groups is 1. The number of amides is 2. The lowest BCUT2D eigenvalue weighted by atomic mass is 10.1. The zero-order valence-corrected chi connectivity index (χ0v) is 20.5. The van der Waals surface area contributed by atoms with Crippen molar-refractivity contribution in [3.05, 3.63) is 36.8 Å². The molecule has 7 N–H and O–H groups in total. The van der Waals surface area contributed by atoms with Crippen LogP contribution in [-0.4, -0.2) is 55.4 Å². The Morgan fingerprint density at radius 1 is 1.29 bits per heavy atom. The summed E-state index contributed by atoms with van der Waals surface area (Å²) in [5.74, 6) is 1.29. The zero-order valence-electron chi connectivity index (χ0n) is 19.7. The molecule has 0 bridgehead atoms. The van der Waals surface area contributed by atoms with Gasteiger partial charge in [0.1, 0.15) is 11.6 Å². The summed E-state index contributed by atoms with van der Waals surface area (Å²) < 4.78 is 4.54. The normalized spacial score (nSPS) is 14.2. The van der Waals surface area contributed by atoms with Crippen LogP contribution in [0.5, 0.6) is 0 Å². The molecule has 1 saturated carbocycles. The summed E-state index contributed by atoms with van der Waals surface area (Å²) in [5.41, 5.74) is 10.1. The number of amidine groups is 1. The number of carbonyl (C=O) groups is 1. The summed E-state index contributed by atoms with van der Waals surface area (Å²) in [6.07, 6.45) is 8.17. The molecule has 35 heavy (non-hydrogen) atoms. The molecule has 0 radical (unpaired) electrons. The van der Waals surface area contributed by atoms with Crippen molar-refractivity contribution < 1.29 is 9.90 Å². The third kappa shape index (κ3) is 7.53. The number of hydrogen-bond acceptors (Lipinski definition) is 9. The first kappa shape index (κ1) is 24.7. The van der Waals surface area contributed by atoms with Gasteiger partial charge in [-0.2, -0.15) is 10.1 Å². The molecule has 4 rings (SSSR count). The van der Waals surface area contributed by atoms with Crippen molar-refractivity contribution in [3.8, 4) is 11.1 Å². The highest BCUT2D eigenvalue weighted by molar-refractivity contribution is 7.97. The van der Waals surface area contributed by atoms with Gasteiger partial charge in [-0.3, -0.25) is 10.3 Å². The molecular formula is C22H30N10O2S. The van der Waals surface area contributed by atoms with Gasteiger partial charge in [0.05, 0.1) is 0 Å². The molecular weight excluding hydrogens is 468 g/mol. The Balaban J connectivity index is 1.29. The van der Waals surface area contributed by atoms with Gasteiger partial charge in [0.15, 0.2) is 5.65 Å². The van der Waals surface area contributed by atoms with Crippen LogP contribution in [0, 0.1) is 5.92 Å². The van der Waals surface area contributed by atoms with E-state index < -0.39 is 5.72 Å². The van der Waals surface area contributed by atoms with Crippen molar-refractivity contribution in [2.75, 3.05) is 18.4 Å². The van der Waals surface area contributed by atoms with E-state index in [0.29, 0.717) is 36.9 Å². The molecule has 12 nitrogen and oxygen atoms in total. The number of hydrazone groups is 1. The molecule has 3 aromatic rings. The minimum absolute atomic E-state index is 0.205. The highest BCUT2D eigenvalue weighted by Gasteiger charge is 2.25. The lowest BCUT2D eigenvalue weighted by Crippen LogP contribution is -2.33. The number of fused-ring (bicyclic) bond motifs is 1. The molecule has 0 atom stereocenters. The predicted molar refractivity (Wildman–Crippen MR) is 135 cm³/mol. The van der Waals surface area contributed by atoms with Crippen molar-refractivity contribution in [2.24, 2.45) is 16.8 Å². The van der Waals surface area contributed by atoms with Crippen molar-refractivity contribution >= 4 is 35.4 Å². The minimum Gasteiger partial charge on any atom is -0.385 e. The SMILES string of the molecule is CC(C)(O)NSc1cncc(-c2ccn3nc(NC(=O)NCCCN/N=C(\N)C4CC4)nc3c2)c1. The minimum atomic E-state index is -1.01. The Morgan fingerprint density at radius 2 is 2.11 bits per heavy atom. The van der Waals surface area contributed by atoms with Crippen LogP contribution >= 0.6 is 11.9 Å². The first-order valence-corrected chi connectivity index (χ1v) is 12.2. The monoisotopic (exact) mass is 498 g/mol. The number of hydrogen-bond donors (Lipinski definition) is 6. The van der Waals surface area contributed by atoms with Crippen LogP contribution in [0.25, 0.3) is 16.8 Å². The summed E-state index contributed by atoms with van der Waals surface area (Å²) in [4.78, 5) is 21.7. The Hall–Kier alpha value is -3.42. The summed E-state index contributed by atoms with van der Waals surface area (Å²) in [6, 6.07) is 5.34. The number of carbonyl (C=O) groups excluding carboxylic acids is 1. The molecule has 2 amide bonds. The van der Waals surface area contributed by atoms with Crippen LogP contribution in [0.15, 0.2) is 46.8 Å². The lowest BCUT2D eigenvalue weighted by molar-refractivity contribution is 0.0721. The van der Waals surface area contributed by atoms with E-state index >= 15 is 0 Å². The molecule has 1 fully saturated rings. The van der Waals surface area contributed by atoms with E-state index in [0.717, 1.165) is 28.9 Å². The third-order valence-electron chi connectivity index (χ3n) is 4.98. The van der Waals surface area contributed by atoms with E-state index in [1.165, 1.54) is 11.9 Å². The molecule has 0 spiro atoms. The second-order valence-corrected chi connectivity index (χ2v) is 9.66. The number of nitrogens with two attached hydrogens (primary N) is 1. The molecule has 1 aliphatic rings. The van der Waals surface area contributed by atoms with Gasteiger partial charge in [0.2, 0.25) is 0 Å². The number of anilines is 1. The van der Waals surface area contributed by atoms with Gasteiger partial charge < -0.3 is 21.6 Å². The fourth-order valence-corrected chi connectivity index (χ4v) is 3.73. The number of pyridine rings is 2. The molecule has 0 aromatic carbocycles. The number of nitrogens with zero attached hydrogens (tertiary/aromatic N) is 5. The summed E-state index contributed by atoms with van der Waals surface area (Å²) in [7, 11) is 0. The second-order valence-electron chi connectivity index (χ2n) is 8.78. The van der Waals surface area contributed by atoms with E-state index in [1.54, 1.807) is 37.0 Å². The zero-order chi connectivity index (χ0) is 24.8. The maximum Gasteiger partial charge on any atom is 0.321 e. The average molecular weight is 499 g/mol. The van der Waals surface area contributed by atoms with Crippen molar-refractivity contribution in [3.63, 3.8) is 0 Å². The van der Waals surface area contributed by atoms with Crippen LogP contribution < -0.4 is 26.5 Å². The fourth-order valence-electron chi connectivity index (χ4n) is 3.06. The van der Waals surface area contributed by atoms with Gasteiger partial charge in [0, 0.05) is 48.1 Å². The number of nitrogens with one attached hydrogen (secondary N) is 4.